The molecule has 7 nitrogen and oxygen atoms in total. The van der Waals surface area contributed by atoms with Crippen molar-refractivity contribution in [3.63, 3.8) is 0 Å². The van der Waals surface area contributed by atoms with Crippen molar-refractivity contribution in [1.29, 1.82) is 0 Å². The number of benzene rings is 1. The van der Waals surface area contributed by atoms with E-state index in [9.17, 15) is 14.4 Å². The topological polar surface area (TPSA) is 87.7 Å². The molecule has 142 valence electrons. The molecule has 2 rings (SSSR count). The van der Waals surface area contributed by atoms with Crippen LogP contribution in [0.15, 0.2) is 24.3 Å². The summed E-state index contributed by atoms with van der Waals surface area (Å²) in [5, 5.41) is 5.43. The van der Waals surface area contributed by atoms with Crippen LogP contribution in [0.3, 0.4) is 0 Å². The van der Waals surface area contributed by atoms with Gasteiger partial charge in [-0.05, 0) is 37.0 Å². The lowest BCUT2D eigenvalue weighted by molar-refractivity contribution is -0.128. The minimum Gasteiger partial charge on any atom is -0.450 e. The Morgan fingerprint density at radius 1 is 1.31 bits per heavy atom. The third kappa shape index (κ3) is 5.47. The largest absolute Gasteiger partial charge is 0.450 e. The second kappa shape index (κ2) is 9.22. The molecule has 2 N–H and O–H groups in total. The van der Waals surface area contributed by atoms with Crippen molar-refractivity contribution in [2.45, 2.75) is 46.2 Å². The van der Waals surface area contributed by atoms with Gasteiger partial charge in [-0.15, -0.1) is 0 Å². The molecule has 1 unspecified atom stereocenters. The van der Waals surface area contributed by atoms with Gasteiger partial charge in [0.1, 0.15) is 6.04 Å². The fraction of sp³-hybridized carbons (Fsp3) is 0.526. The van der Waals surface area contributed by atoms with Gasteiger partial charge in [-0.2, -0.15) is 0 Å². The minimum absolute atomic E-state index is 0.0928. The first kappa shape index (κ1) is 19.8. The van der Waals surface area contributed by atoms with Gasteiger partial charge in [-0.25, -0.2) is 4.79 Å². The van der Waals surface area contributed by atoms with Crippen LogP contribution in [0.2, 0.25) is 0 Å². The maximum absolute atomic E-state index is 12.6. The van der Waals surface area contributed by atoms with E-state index in [4.69, 9.17) is 4.74 Å². The molecule has 1 saturated heterocycles. The van der Waals surface area contributed by atoms with Crippen molar-refractivity contribution in [3.05, 3.63) is 29.8 Å². The average molecular weight is 361 g/mol. The fourth-order valence-corrected chi connectivity index (χ4v) is 2.89. The highest BCUT2D eigenvalue weighted by Gasteiger charge is 2.25. The van der Waals surface area contributed by atoms with E-state index in [1.54, 1.807) is 13.0 Å². The first-order chi connectivity index (χ1) is 12.4. The number of alkyl carbamates (subject to hydrolysis) is 1. The molecule has 0 aliphatic carbocycles. The summed E-state index contributed by atoms with van der Waals surface area (Å²) in [4.78, 5) is 37.8. The second-order valence-corrected chi connectivity index (χ2v) is 6.69. The van der Waals surface area contributed by atoms with Gasteiger partial charge < -0.3 is 20.3 Å². The number of amides is 3. The number of rotatable bonds is 7. The smallest absolute Gasteiger partial charge is 0.407 e. The van der Waals surface area contributed by atoms with Gasteiger partial charge in [0, 0.05) is 25.2 Å². The van der Waals surface area contributed by atoms with Gasteiger partial charge in [0.25, 0.3) is 0 Å². The lowest BCUT2D eigenvalue weighted by Crippen LogP contribution is -2.47. The van der Waals surface area contributed by atoms with Gasteiger partial charge in [0.05, 0.1) is 6.61 Å². The Morgan fingerprint density at radius 3 is 2.69 bits per heavy atom. The molecule has 1 aliphatic rings. The number of carbonyl (C=O) groups is 3. The van der Waals surface area contributed by atoms with Crippen molar-refractivity contribution in [2.24, 2.45) is 5.92 Å². The highest BCUT2D eigenvalue weighted by molar-refractivity contribution is 5.96. The van der Waals surface area contributed by atoms with E-state index in [1.165, 1.54) is 0 Å². The third-order valence-electron chi connectivity index (χ3n) is 4.24. The van der Waals surface area contributed by atoms with E-state index in [2.05, 4.69) is 10.6 Å². The number of anilines is 1. The molecule has 1 aromatic rings. The summed E-state index contributed by atoms with van der Waals surface area (Å²) in [5.74, 6) is -0.231. The third-order valence-corrected chi connectivity index (χ3v) is 4.24. The van der Waals surface area contributed by atoms with Crippen LogP contribution in [0.1, 0.15) is 39.2 Å². The van der Waals surface area contributed by atoms with Gasteiger partial charge in [-0.3, -0.25) is 9.59 Å². The van der Waals surface area contributed by atoms with Crippen LogP contribution in [-0.2, 0) is 20.9 Å². The highest BCUT2D eigenvalue weighted by atomic mass is 16.5. The first-order valence-electron chi connectivity index (χ1n) is 9.01. The Labute approximate surface area is 154 Å². The van der Waals surface area contributed by atoms with Crippen LogP contribution in [0.25, 0.3) is 0 Å². The van der Waals surface area contributed by atoms with Crippen LogP contribution < -0.4 is 10.6 Å². The average Bonchev–Trinajstić information content (AvgIpc) is 2.98. The number of ether oxygens (including phenoxy) is 1. The molecule has 0 bridgehead atoms. The molecular weight excluding hydrogens is 334 g/mol. The number of likely N-dealkylation sites (tertiary alicyclic amines) is 1. The normalized spacial score (nSPS) is 15.1. The summed E-state index contributed by atoms with van der Waals surface area (Å²) in [7, 11) is 0. The number of nitrogens with one attached hydrogen (secondary N) is 2. The molecule has 0 aromatic heterocycles. The number of carbonyl (C=O) groups excluding carboxylic acids is 3. The highest BCUT2D eigenvalue weighted by Crippen LogP contribution is 2.17. The Balaban J connectivity index is 2.01. The van der Waals surface area contributed by atoms with Crippen LogP contribution in [-0.4, -0.2) is 42.0 Å². The van der Waals surface area contributed by atoms with E-state index in [-0.39, 0.29) is 24.3 Å². The molecule has 0 spiro atoms. The molecule has 1 heterocycles. The van der Waals surface area contributed by atoms with Gasteiger partial charge >= 0.3 is 6.09 Å². The quantitative estimate of drug-likeness (QED) is 0.781. The Morgan fingerprint density at radius 2 is 2.08 bits per heavy atom. The van der Waals surface area contributed by atoms with Crippen LogP contribution in [0.4, 0.5) is 10.5 Å². The molecule has 1 aliphatic heterocycles. The Hall–Kier alpha value is -2.57. The second-order valence-electron chi connectivity index (χ2n) is 6.69. The van der Waals surface area contributed by atoms with Gasteiger partial charge in [-0.1, -0.05) is 26.0 Å². The summed E-state index contributed by atoms with van der Waals surface area (Å²) in [6, 6.07) is 6.71. The van der Waals surface area contributed by atoms with Crippen molar-refractivity contribution in [2.75, 3.05) is 18.5 Å². The van der Waals surface area contributed by atoms with E-state index in [0.717, 1.165) is 18.5 Å². The van der Waals surface area contributed by atoms with Crippen LogP contribution >= 0.6 is 0 Å². The molecular formula is C19H27N3O4. The fourth-order valence-electron chi connectivity index (χ4n) is 2.89. The van der Waals surface area contributed by atoms with Crippen molar-refractivity contribution in [1.82, 2.24) is 10.2 Å². The lowest BCUT2D eigenvalue weighted by atomic mass is 10.0. The molecule has 3 amide bonds. The van der Waals surface area contributed by atoms with E-state index in [0.29, 0.717) is 18.7 Å². The lowest BCUT2D eigenvalue weighted by Gasteiger charge is -2.21. The van der Waals surface area contributed by atoms with Crippen molar-refractivity contribution < 1.29 is 19.1 Å². The molecule has 1 fully saturated rings. The molecule has 0 radical (unpaired) electrons. The van der Waals surface area contributed by atoms with E-state index >= 15 is 0 Å². The Bertz CT molecular complexity index is 660. The maximum atomic E-state index is 12.6. The summed E-state index contributed by atoms with van der Waals surface area (Å²) in [5.41, 5.74) is 1.59. The molecule has 1 atom stereocenters. The summed E-state index contributed by atoms with van der Waals surface area (Å²) < 4.78 is 4.86. The number of hydrogen-bond donors (Lipinski definition) is 2. The van der Waals surface area contributed by atoms with Crippen LogP contribution in [0.5, 0.6) is 0 Å². The van der Waals surface area contributed by atoms with E-state index in [1.807, 2.05) is 36.9 Å². The van der Waals surface area contributed by atoms with Crippen LogP contribution in [0, 0.1) is 5.92 Å². The molecule has 1 aromatic carbocycles. The minimum atomic E-state index is -0.696. The zero-order valence-corrected chi connectivity index (χ0v) is 15.6. The standard InChI is InChI=1S/C19H27N3O4/c1-4-26-19(25)21-17(13(2)3)18(24)20-15-8-5-7-14(11-15)12-22-10-6-9-16(22)23/h5,7-8,11,13,17H,4,6,9-10,12H2,1-3H3,(H,20,24)(H,21,25). The van der Waals surface area contributed by atoms with Crippen molar-refractivity contribution in [3.8, 4) is 0 Å². The van der Waals surface area contributed by atoms with Gasteiger partial charge in [0.15, 0.2) is 0 Å². The zero-order valence-electron chi connectivity index (χ0n) is 15.6. The predicted molar refractivity (Wildman–Crippen MR) is 98.5 cm³/mol. The Kier molecular flexibility index (Phi) is 7.00. The number of hydrogen-bond acceptors (Lipinski definition) is 4. The molecule has 26 heavy (non-hydrogen) atoms. The monoisotopic (exact) mass is 361 g/mol. The summed E-state index contributed by atoms with van der Waals surface area (Å²) >= 11 is 0. The summed E-state index contributed by atoms with van der Waals surface area (Å²) in [6.07, 6.45) is 0.888. The first-order valence-corrected chi connectivity index (χ1v) is 9.01. The predicted octanol–water partition coefficient (Wildman–Crippen LogP) is 2.52. The maximum Gasteiger partial charge on any atom is 0.407 e. The number of nitrogens with zero attached hydrogens (tertiary/aromatic N) is 1. The summed E-state index contributed by atoms with van der Waals surface area (Å²) in [6.45, 7) is 6.97. The SMILES string of the molecule is CCOC(=O)NC(C(=O)Nc1cccc(CN2CCCC2=O)c1)C(C)C. The van der Waals surface area contributed by atoms with Crippen molar-refractivity contribution >= 4 is 23.6 Å². The molecule has 0 saturated carbocycles. The molecule has 7 heteroatoms. The van der Waals surface area contributed by atoms with Gasteiger partial charge in [0.2, 0.25) is 11.8 Å². The zero-order chi connectivity index (χ0) is 19.1. The van der Waals surface area contributed by atoms with E-state index < -0.39 is 12.1 Å².